The summed E-state index contributed by atoms with van der Waals surface area (Å²) in [6.07, 6.45) is -0.0283. The molecule has 1 aliphatic rings. The molecule has 1 atom stereocenters. The summed E-state index contributed by atoms with van der Waals surface area (Å²) in [6, 6.07) is 15.6. The van der Waals surface area contributed by atoms with E-state index < -0.39 is 11.9 Å². The fourth-order valence-corrected chi connectivity index (χ4v) is 4.09. The third-order valence-electron chi connectivity index (χ3n) is 5.68. The van der Waals surface area contributed by atoms with Gasteiger partial charge >= 0.3 is 6.36 Å². The van der Waals surface area contributed by atoms with Crippen molar-refractivity contribution in [2.75, 3.05) is 6.61 Å². The Balaban J connectivity index is 1.50. The van der Waals surface area contributed by atoms with Gasteiger partial charge < -0.3 is 19.2 Å². The van der Waals surface area contributed by atoms with Crippen LogP contribution in [0.25, 0.3) is 11.3 Å². The number of oxazole rings is 1. The van der Waals surface area contributed by atoms with E-state index in [2.05, 4.69) is 20.0 Å². The number of carbonyl (C=O) groups excluding carboxylic acids is 1. The lowest BCUT2D eigenvalue weighted by atomic mass is 9.81. The van der Waals surface area contributed by atoms with E-state index in [1.165, 1.54) is 30.7 Å². The molecule has 178 valence electrons. The van der Waals surface area contributed by atoms with Gasteiger partial charge in [-0.15, -0.1) is 13.2 Å². The normalized spacial score (nSPS) is 17.2. The molecule has 0 fully saturated rings. The first-order valence-electron chi connectivity index (χ1n) is 10.6. The van der Waals surface area contributed by atoms with Gasteiger partial charge in [0.1, 0.15) is 22.7 Å². The largest absolute Gasteiger partial charge is 0.573 e. The highest BCUT2D eigenvalue weighted by atomic mass is 19.4. The van der Waals surface area contributed by atoms with Gasteiger partial charge in [0.05, 0.1) is 12.8 Å². The van der Waals surface area contributed by atoms with Gasteiger partial charge in [-0.2, -0.15) is 0 Å². The fraction of sp³-hybridized carbons (Fsp3) is 0.160. The van der Waals surface area contributed by atoms with Crippen LogP contribution in [0.2, 0.25) is 0 Å². The lowest BCUT2D eigenvalue weighted by Gasteiger charge is -2.39. The van der Waals surface area contributed by atoms with Crippen molar-refractivity contribution in [2.24, 2.45) is 0 Å². The molecule has 1 N–H and O–H groups in total. The number of hydrogen-bond donors (Lipinski definition) is 1. The molecule has 0 bridgehead atoms. The number of aromatic nitrogens is 2. The quantitative estimate of drug-likeness (QED) is 0.427. The maximum Gasteiger partial charge on any atom is 0.573 e. The number of fused-ring (bicyclic) bond motifs is 1. The van der Waals surface area contributed by atoms with E-state index in [1.807, 2.05) is 0 Å². The summed E-state index contributed by atoms with van der Waals surface area (Å²) < 4.78 is 52.9. The Labute approximate surface area is 197 Å². The molecule has 0 radical (unpaired) electrons. The van der Waals surface area contributed by atoms with Gasteiger partial charge in [-0.3, -0.25) is 9.78 Å². The SMILES string of the molecule is O=C(N[C@]1(c2ccc(OC(F)(F)F)cc2)CCOc2cccnc21)c1ccc(-c2cnco2)cc1. The van der Waals surface area contributed by atoms with Crippen LogP contribution >= 0.6 is 0 Å². The van der Waals surface area contributed by atoms with E-state index in [9.17, 15) is 18.0 Å². The smallest absolute Gasteiger partial charge is 0.491 e. The van der Waals surface area contributed by atoms with Crippen molar-refractivity contribution in [3.63, 3.8) is 0 Å². The van der Waals surface area contributed by atoms with Gasteiger partial charge in [0.15, 0.2) is 12.2 Å². The molecule has 4 aromatic rings. The Hall–Kier alpha value is -4.34. The predicted molar refractivity (Wildman–Crippen MR) is 118 cm³/mol. The van der Waals surface area contributed by atoms with Gasteiger partial charge in [0.25, 0.3) is 5.91 Å². The number of nitrogens with zero attached hydrogens (tertiary/aromatic N) is 2. The summed E-state index contributed by atoms with van der Waals surface area (Å²) in [6.45, 7) is 0.268. The summed E-state index contributed by atoms with van der Waals surface area (Å²) in [4.78, 5) is 21.7. The zero-order valence-electron chi connectivity index (χ0n) is 18.1. The molecule has 0 saturated heterocycles. The van der Waals surface area contributed by atoms with Gasteiger partial charge in [-0.05, 0) is 42.0 Å². The topological polar surface area (TPSA) is 86.5 Å². The van der Waals surface area contributed by atoms with Crippen LogP contribution in [0.1, 0.15) is 28.0 Å². The number of rotatable bonds is 5. The van der Waals surface area contributed by atoms with Gasteiger partial charge in [-0.1, -0.05) is 24.3 Å². The molecular weight excluding hydrogens is 463 g/mol. The van der Waals surface area contributed by atoms with E-state index in [-0.39, 0.29) is 18.3 Å². The van der Waals surface area contributed by atoms with E-state index in [0.29, 0.717) is 34.8 Å². The highest BCUT2D eigenvalue weighted by Crippen LogP contribution is 2.41. The predicted octanol–water partition coefficient (Wildman–Crippen LogP) is 5.09. The zero-order chi connectivity index (χ0) is 24.5. The van der Waals surface area contributed by atoms with E-state index in [4.69, 9.17) is 9.15 Å². The maximum absolute atomic E-state index is 13.4. The van der Waals surface area contributed by atoms with Crippen LogP contribution in [-0.4, -0.2) is 28.8 Å². The van der Waals surface area contributed by atoms with Gasteiger partial charge in [-0.25, -0.2) is 4.98 Å². The van der Waals surface area contributed by atoms with Crippen molar-refractivity contribution < 1.29 is 31.9 Å². The van der Waals surface area contributed by atoms with Gasteiger partial charge in [0, 0.05) is 23.7 Å². The standard InChI is InChI=1S/C25H18F3N3O4/c26-25(27,28)35-19-9-7-18(8-10-19)24(11-13-33-20-2-1-12-30-22(20)24)31-23(32)17-5-3-16(4-6-17)21-14-29-15-34-21/h1-10,12,14-15H,11,13H2,(H,31,32)/t24-/m0/s1. The number of hydrogen-bond acceptors (Lipinski definition) is 6. The van der Waals surface area contributed by atoms with E-state index in [1.54, 1.807) is 48.8 Å². The minimum absolute atomic E-state index is 0.268. The van der Waals surface area contributed by atoms with Crippen LogP contribution in [0.3, 0.4) is 0 Å². The highest BCUT2D eigenvalue weighted by Gasteiger charge is 2.42. The Morgan fingerprint density at radius 3 is 2.51 bits per heavy atom. The first-order chi connectivity index (χ1) is 16.8. The second-order valence-corrected chi connectivity index (χ2v) is 7.82. The molecular formula is C25H18F3N3O4. The maximum atomic E-state index is 13.4. The number of ether oxygens (including phenoxy) is 2. The molecule has 2 aromatic carbocycles. The van der Waals surface area contributed by atoms with Crippen molar-refractivity contribution in [1.82, 2.24) is 15.3 Å². The third-order valence-corrected chi connectivity index (χ3v) is 5.68. The Bertz CT molecular complexity index is 1320. The number of nitrogens with one attached hydrogen (secondary N) is 1. The van der Waals surface area contributed by atoms with Crippen molar-refractivity contribution in [3.05, 3.63) is 96.3 Å². The van der Waals surface area contributed by atoms with Crippen LogP contribution < -0.4 is 14.8 Å². The van der Waals surface area contributed by atoms with Crippen LogP contribution in [0, 0.1) is 0 Å². The van der Waals surface area contributed by atoms with Crippen molar-refractivity contribution in [3.8, 4) is 22.8 Å². The fourth-order valence-electron chi connectivity index (χ4n) is 4.09. The van der Waals surface area contributed by atoms with Crippen LogP contribution in [0.5, 0.6) is 11.5 Å². The minimum Gasteiger partial charge on any atom is -0.491 e. The van der Waals surface area contributed by atoms with Gasteiger partial charge in [0.2, 0.25) is 0 Å². The first-order valence-corrected chi connectivity index (χ1v) is 10.6. The summed E-state index contributed by atoms with van der Waals surface area (Å²) in [7, 11) is 0. The number of alkyl halides is 3. The molecule has 1 aliphatic heterocycles. The van der Waals surface area contributed by atoms with Crippen molar-refractivity contribution in [2.45, 2.75) is 18.3 Å². The highest BCUT2D eigenvalue weighted by molar-refractivity contribution is 5.95. The number of benzene rings is 2. The third kappa shape index (κ3) is 4.54. The number of pyridine rings is 1. The molecule has 2 aromatic heterocycles. The second kappa shape index (κ2) is 8.79. The molecule has 10 heteroatoms. The Morgan fingerprint density at radius 2 is 1.83 bits per heavy atom. The molecule has 0 unspecified atom stereocenters. The van der Waals surface area contributed by atoms with Crippen LogP contribution in [-0.2, 0) is 5.54 Å². The molecule has 0 aliphatic carbocycles. The molecule has 0 saturated carbocycles. The summed E-state index contributed by atoms with van der Waals surface area (Å²) in [5, 5.41) is 3.06. The molecule has 3 heterocycles. The molecule has 7 nitrogen and oxygen atoms in total. The first kappa shape index (κ1) is 22.5. The molecule has 1 amide bonds. The average molecular weight is 481 g/mol. The Morgan fingerprint density at radius 1 is 1.06 bits per heavy atom. The lowest BCUT2D eigenvalue weighted by molar-refractivity contribution is -0.274. The number of halogens is 3. The number of amides is 1. The van der Waals surface area contributed by atoms with E-state index in [0.717, 1.165) is 5.56 Å². The Kier molecular flexibility index (Phi) is 5.64. The van der Waals surface area contributed by atoms with Crippen LogP contribution in [0.4, 0.5) is 13.2 Å². The summed E-state index contributed by atoms with van der Waals surface area (Å²) in [5.41, 5.74) is 1.01. The molecule has 5 rings (SSSR count). The van der Waals surface area contributed by atoms with Crippen LogP contribution in [0.15, 0.2) is 83.9 Å². The average Bonchev–Trinajstić information content (AvgIpc) is 3.39. The summed E-state index contributed by atoms with van der Waals surface area (Å²) in [5.74, 6) is 0.301. The molecule has 0 spiro atoms. The van der Waals surface area contributed by atoms with Crippen molar-refractivity contribution >= 4 is 5.91 Å². The number of carbonyl (C=O) groups is 1. The minimum atomic E-state index is -4.81. The lowest BCUT2D eigenvalue weighted by Crippen LogP contribution is -2.50. The monoisotopic (exact) mass is 481 g/mol. The van der Waals surface area contributed by atoms with E-state index >= 15 is 0 Å². The summed E-state index contributed by atoms with van der Waals surface area (Å²) >= 11 is 0. The molecule has 35 heavy (non-hydrogen) atoms. The zero-order valence-corrected chi connectivity index (χ0v) is 18.1. The second-order valence-electron chi connectivity index (χ2n) is 7.82. The van der Waals surface area contributed by atoms with Crippen molar-refractivity contribution in [1.29, 1.82) is 0 Å².